The standard InChI is InChI=1S/C24H28N6OS/c1-15-28-20-7-2-16(12-21(20)32-15)19-13-25-23-22(19)24(27-14-26-23)29-17-3-5-18(6-4-17)30-8-10-31-11-9-30/h2,7,12-14,17-18H,3-6,8-11H2,1H3,(H2,25,26,27,29)/t17-,18-. The lowest BCUT2D eigenvalue weighted by Crippen LogP contribution is -2.46. The predicted molar refractivity (Wildman–Crippen MR) is 129 cm³/mol. The minimum Gasteiger partial charge on any atom is -0.379 e. The van der Waals surface area contributed by atoms with Crippen LogP contribution in [0.5, 0.6) is 0 Å². The van der Waals surface area contributed by atoms with E-state index in [1.807, 2.05) is 0 Å². The van der Waals surface area contributed by atoms with Crippen LogP contribution < -0.4 is 5.32 Å². The Bertz CT molecular complexity index is 1240. The van der Waals surface area contributed by atoms with Crippen LogP contribution in [0.3, 0.4) is 0 Å². The van der Waals surface area contributed by atoms with Crippen LogP contribution in [0.2, 0.25) is 0 Å². The molecule has 0 spiro atoms. The Morgan fingerprint density at radius 1 is 1.12 bits per heavy atom. The summed E-state index contributed by atoms with van der Waals surface area (Å²) in [6, 6.07) is 7.62. The molecule has 0 radical (unpaired) electrons. The van der Waals surface area contributed by atoms with Crippen molar-refractivity contribution in [2.75, 3.05) is 31.6 Å². The minimum atomic E-state index is 0.444. The molecule has 0 amide bonds. The number of benzene rings is 1. The smallest absolute Gasteiger partial charge is 0.143 e. The molecule has 1 aliphatic heterocycles. The van der Waals surface area contributed by atoms with E-state index in [-0.39, 0.29) is 0 Å². The Morgan fingerprint density at radius 3 is 2.81 bits per heavy atom. The molecule has 8 heteroatoms. The molecule has 2 fully saturated rings. The molecule has 32 heavy (non-hydrogen) atoms. The molecule has 0 atom stereocenters. The van der Waals surface area contributed by atoms with Crippen LogP contribution >= 0.6 is 11.3 Å². The van der Waals surface area contributed by atoms with Gasteiger partial charge < -0.3 is 15.0 Å². The van der Waals surface area contributed by atoms with Gasteiger partial charge in [0.1, 0.15) is 17.8 Å². The number of hydrogen-bond donors (Lipinski definition) is 2. The van der Waals surface area contributed by atoms with Gasteiger partial charge in [-0.2, -0.15) is 0 Å². The Hall–Kier alpha value is -2.55. The lowest BCUT2D eigenvalue weighted by Gasteiger charge is -2.39. The monoisotopic (exact) mass is 448 g/mol. The van der Waals surface area contributed by atoms with Crippen molar-refractivity contribution in [3.8, 4) is 11.1 Å². The predicted octanol–water partition coefficient (Wildman–Crippen LogP) is 4.60. The largest absolute Gasteiger partial charge is 0.379 e. The summed E-state index contributed by atoms with van der Waals surface area (Å²) in [5, 5.41) is 5.93. The van der Waals surface area contributed by atoms with E-state index in [4.69, 9.17) is 4.74 Å². The van der Waals surface area contributed by atoms with Crippen molar-refractivity contribution in [2.45, 2.75) is 44.7 Å². The zero-order chi connectivity index (χ0) is 21.5. The average molecular weight is 449 g/mol. The Kier molecular flexibility index (Phi) is 5.29. The van der Waals surface area contributed by atoms with Crippen molar-refractivity contribution < 1.29 is 4.74 Å². The number of ether oxygens (including phenoxy) is 1. The first kappa shape index (κ1) is 20.1. The Labute approximate surface area is 191 Å². The number of aryl methyl sites for hydroxylation is 1. The second-order valence-electron chi connectivity index (χ2n) is 8.86. The third kappa shape index (κ3) is 3.76. The van der Waals surface area contributed by atoms with Crippen LogP contribution in [-0.4, -0.2) is 63.2 Å². The van der Waals surface area contributed by atoms with Crippen molar-refractivity contribution in [3.63, 3.8) is 0 Å². The van der Waals surface area contributed by atoms with Crippen LogP contribution in [0, 0.1) is 6.92 Å². The maximum absolute atomic E-state index is 5.52. The fraction of sp³-hybridized carbons (Fsp3) is 0.458. The van der Waals surface area contributed by atoms with Crippen molar-refractivity contribution in [3.05, 3.63) is 35.7 Å². The normalized spacial score (nSPS) is 22.5. The van der Waals surface area contributed by atoms with Crippen molar-refractivity contribution in [2.24, 2.45) is 0 Å². The van der Waals surface area contributed by atoms with Crippen LogP contribution in [0.1, 0.15) is 30.7 Å². The number of nitrogens with one attached hydrogen (secondary N) is 2. The van der Waals surface area contributed by atoms with Gasteiger partial charge in [-0.3, -0.25) is 4.90 Å². The lowest BCUT2D eigenvalue weighted by molar-refractivity contribution is 0.00791. The number of H-pyrrole nitrogens is 1. The van der Waals surface area contributed by atoms with Crippen molar-refractivity contribution in [1.29, 1.82) is 0 Å². The molecular formula is C24H28N6OS. The second-order valence-corrected chi connectivity index (χ2v) is 10.1. The van der Waals surface area contributed by atoms with Crippen LogP contribution in [-0.2, 0) is 4.74 Å². The zero-order valence-electron chi connectivity index (χ0n) is 18.3. The highest BCUT2D eigenvalue weighted by Crippen LogP contribution is 2.36. The van der Waals surface area contributed by atoms with Gasteiger partial charge in [0.25, 0.3) is 0 Å². The molecule has 166 valence electrons. The van der Waals surface area contributed by atoms with Crippen LogP contribution in [0.4, 0.5) is 5.82 Å². The van der Waals surface area contributed by atoms with E-state index in [0.717, 1.165) is 59.2 Å². The molecule has 2 aliphatic rings. The third-order valence-corrected chi connectivity index (χ3v) is 7.81. The Balaban J connectivity index is 1.24. The third-order valence-electron chi connectivity index (χ3n) is 6.88. The lowest BCUT2D eigenvalue weighted by atomic mass is 9.90. The van der Waals surface area contributed by atoms with E-state index >= 15 is 0 Å². The summed E-state index contributed by atoms with van der Waals surface area (Å²) < 4.78 is 6.73. The van der Waals surface area contributed by atoms with Gasteiger partial charge in [0.2, 0.25) is 0 Å². The van der Waals surface area contributed by atoms with Gasteiger partial charge in [0.05, 0.1) is 33.8 Å². The molecule has 0 bridgehead atoms. The van der Waals surface area contributed by atoms with E-state index in [9.17, 15) is 0 Å². The molecule has 6 rings (SSSR count). The van der Waals surface area contributed by atoms with Crippen molar-refractivity contribution >= 4 is 38.4 Å². The number of fused-ring (bicyclic) bond motifs is 2. The summed E-state index contributed by atoms with van der Waals surface area (Å²) in [6.07, 6.45) is 8.49. The number of aromatic amines is 1. The number of anilines is 1. The molecule has 4 heterocycles. The second kappa shape index (κ2) is 8.42. The topological polar surface area (TPSA) is 79.0 Å². The molecule has 1 aromatic carbocycles. The van der Waals surface area contributed by atoms with Gasteiger partial charge in [0.15, 0.2) is 0 Å². The van der Waals surface area contributed by atoms with E-state index in [1.165, 1.54) is 35.9 Å². The molecule has 1 saturated carbocycles. The first-order valence-electron chi connectivity index (χ1n) is 11.5. The summed E-state index contributed by atoms with van der Waals surface area (Å²) in [5.41, 5.74) is 4.24. The molecule has 1 aliphatic carbocycles. The van der Waals surface area contributed by atoms with Crippen LogP contribution in [0.25, 0.3) is 32.4 Å². The van der Waals surface area contributed by atoms with Gasteiger partial charge >= 0.3 is 0 Å². The first-order valence-corrected chi connectivity index (χ1v) is 12.3. The molecular weight excluding hydrogens is 420 g/mol. The van der Waals surface area contributed by atoms with Crippen molar-refractivity contribution in [1.82, 2.24) is 24.8 Å². The molecule has 2 N–H and O–H groups in total. The molecule has 0 unspecified atom stereocenters. The van der Waals surface area contributed by atoms with E-state index in [1.54, 1.807) is 17.7 Å². The van der Waals surface area contributed by atoms with Gasteiger partial charge in [-0.05, 0) is 50.3 Å². The summed E-state index contributed by atoms with van der Waals surface area (Å²) in [7, 11) is 0. The number of nitrogens with zero attached hydrogens (tertiary/aromatic N) is 4. The Morgan fingerprint density at radius 2 is 1.97 bits per heavy atom. The number of morpholine rings is 1. The number of rotatable bonds is 4. The number of thiazole rings is 1. The summed E-state index contributed by atoms with van der Waals surface area (Å²) in [4.78, 5) is 19.7. The summed E-state index contributed by atoms with van der Waals surface area (Å²) in [6.45, 7) is 5.96. The average Bonchev–Trinajstić information content (AvgIpc) is 3.43. The highest BCUT2D eigenvalue weighted by atomic mass is 32.1. The molecule has 7 nitrogen and oxygen atoms in total. The van der Waals surface area contributed by atoms with Gasteiger partial charge in [-0.1, -0.05) is 6.07 Å². The van der Waals surface area contributed by atoms with Gasteiger partial charge in [-0.15, -0.1) is 11.3 Å². The number of hydrogen-bond acceptors (Lipinski definition) is 7. The molecule has 4 aromatic rings. The maximum Gasteiger partial charge on any atom is 0.143 e. The highest BCUT2D eigenvalue weighted by molar-refractivity contribution is 7.18. The highest BCUT2D eigenvalue weighted by Gasteiger charge is 2.27. The van der Waals surface area contributed by atoms with Crippen LogP contribution in [0.15, 0.2) is 30.7 Å². The van der Waals surface area contributed by atoms with Gasteiger partial charge in [-0.25, -0.2) is 15.0 Å². The van der Waals surface area contributed by atoms with E-state index in [0.29, 0.717) is 12.1 Å². The fourth-order valence-corrected chi connectivity index (χ4v) is 6.09. The summed E-state index contributed by atoms with van der Waals surface area (Å²) in [5.74, 6) is 0.932. The minimum absolute atomic E-state index is 0.444. The maximum atomic E-state index is 5.52. The fourth-order valence-electron chi connectivity index (χ4n) is 5.23. The molecule has 1 saturated heterocycles. The molecule has 3 aromatic heterocycles. The summed E-state index contributed by atoms with van der Waals surface area (Å²) >= 11 is 1.73. The zero-order valence-corrected chi connectivity index (χ0v) is 19.1. The quantitative estimate of drug-likeness (QED) is 0.475. The van der Waals surface area contributed by atoms with E-state index in [2.05, 4.69) is 61.5 Å². The first-order chi connectivity index (χ1) is 15.7. The number of aromatic nitrogens is 4. The SMILES string of the molecule is Cc1nc2ccc(-c3c[nH]c4ncnc(N[C@H]5CC[C@H](N6CCOCC6)CC5)c34)cc2s1. The van der Waals surface area contributed by atoms with Gasteiger partial charge in [0, 0.05) is 36.9 Å². The van der Waals surface area contributed by atoms with E-state index < -0.39 is 0 Å².